The summed E-state index contributed by atoms with van der Waals surface area (Å²) < 4.78 is 27.1. The van der Waals surface area contributed by atoms with Gasteiger partial charge in [0, 0.05) is 13.5 Å². The summed E-state index contributed by atoms with van der Waals surface area (Å²) >= 11 is 0. The molecule has 212 valence electrons. The lowest BCUT2D eigenvalue weighted by Crippen LogP contribution is -2.14. The van der Waals surface area contributed by atoms with Crippen LogP contribution in [0.2, 0.25) is 0 Å². The number of aryl methyl sites for hydroxylation is 1. The SMILES string of the molecule is [2H]C([2H])(c1cc(C(C)C)c(-n2c(-c3c(C)ccc4c3oc3cc(C#N)ccc34)nc3ccccc32)c(C(C)C)c1)C(C)(C)C. The van der Waals surface area contributed by atoms with E-state index in [0.717, 1.165) is 61.2 Å². The summed E-state index contributed by atoms with van der Waals surface area (Å²) in [5, 5.41) is 11.5. The van der Waals surface area contributed by atoms with Crippen molar-refractivity contribution in [3.05, 3.63) is 94.5 Å². The van der Waals surface area contributed by atoms with Gasteiger partial charge in [0.2, 0.25) is 0 Å². The maximum Gasteiger partial charge on any atom is 0.149 e. The molecule has 0 unspecified atom stereocenters. The molecule has 0 radical (unpaired) electrons. The van der Waals surface area contributed by atoms with Crippen molar-refractivity contribution in [2.45, 2.75) is 73.6 Å². The molecule has 0 fully saturated rings. The number of furan rings is 1. The number of hydrogen-bond donors (Lipinski definition) is 0. The molecule has 4 heteroatoms. The third-order valence-corrected chi connectivity index (χ3v) is 7.92. The first kappa shape index (κ1) is 25.4. The van der Waals surface area contributed by atoms with Gasteiger partial charge in [-0.2, -0.15) is 5.26 Å². The van der Waals surface area contributed by atoms with Crippen molar-refractivity contribution in [2.24, 2.45) is 5.41 Å². The van der Waals surface area contributed by atoms with E-state index in [1.807, 2.05) is 51.1 Å². The molecular weight excluding hydrogens is 514 g/mol. The first-order valence-electron chi connectivity index (χ1n) is 15.8. The molecule has 0 aliphatic rings. The van der Waals surface area contributed by atoms with Crippen molar-refractivity contribution >= 4 is 33.0 Å². The van der Waals surface area contributed by atoms with Crippen molar-refractivity contribution in [3.63, 3.8) is 0 Å². The zero-order valence-corrected chi connectivity index (χ0v) is 25.8. The highest BCUT2D eigenvalue weighted by molar-refractivity contribution is 6.10. The van der Waals surface area contributed by atoms with E-state index in [9.17, 15) is 5.26 Å². The van der Waals surface area contributed by atoms with Crippen molar-refractivity contribution in [2.75, 3.05) is 0 Å². The van der Waals surface area contributed by atoms with Gasteiger partial charge < -0.3 is 4.42 Å². The van der Waals surface area contributed by atoms with Gasteiger partial charge in [-0.1, -0.05) is 84.9 Å². The molecule has 0 saturated carbocycles. The zero-order chi connectivity index (χ0) is 31.7. The van der Waals surface area contributed by atoms with Crippen LogP contribution in [0.3, 0.4) is 0 Å². The number of nitriles is 1. The minimum Gasteiger partial charge on any atom is -0.455 e. The fourth-order valence-corrected chi connectivity index (χ4v) is 6.03. The Hall–Kier alpha value is -4.36. The molecule has 0 spiro atoms. The molecule has 0 aliphatic heterocycles. The van der Waals surface area contributed by atoms with E-state index in [1.54, 1.807) is 6.07 Å². The number of benzene rings is 4. The van der Waals surface area contributed by atoms with Crippen LogP contribution in [0.25, 0.3) is 50.0 Å². The molecule has 4 aromatic carbocycles. The first-order valence-corrected chi connectivity index (χ1v) is 14.8. The number of imidazole rings is 1. The van der Waals surface area contributed by atoms with Crippen LogP contribution in [0, 0.1) is 23.7 Å². The molecule has 0 N–H and O–H groups in total. The van der Waals surface area contributed by atoms with Crippen molar-refractivity contribution in [1.29, 1.82) is 5.26 Å². The van der Waals surface area contributed by atoms with Gasteiger partial charge >= 0.3 is 0 Å². The second-order valence-corrected chi connectivity index (χ2v) is 13.0. The lowest BCUT2D eigenvalue weighted by Gasteiger charge is -2.26. The van der Waals surface area contributed by atoms with E-state index in [2.05, 4.69) is 75.6 Å². The lowest BCUT2D eigenvalue weighted by molar-refractivity contribution is 0.411. The minimum atomic E-state index is -1.53. The van der Waals surface area contributed by atoms with Gasteiger partial charge in [0.05, 0.1) is 33.9 Å². The van der Waals surface area contributed by atoms with Crippen LogP contribution in [-0.4, -0.2) is 9.55 Å². The second-order valence-electron chi connectivity index (χ2n) is 13.0. The molecule has 6 aromatic rings. The van der Waals surface area contributed by atoms with Crippen LogP contribution in [-0.2, 0) is 6.37 Å². The molecule has 0 atom stereocenters. The summed E-state index contributed by atoms with van der Waals surface area (Å²) in [4.78, 5) is 5.26. The predicted octanol–water partition coefficient (Wildman–Crippen LogP) is 10.6. The monoisotopic (exact) mass is 555 g/mol. The van der Waals surface area contributed by atoms with Crippen molar-refractivity contribution in [3.8, 4) is 23.1 Å². The summed E-state index contributed by atoms with van der Waals surface area (Å²) in [6.45, 7) is 16.7. The molecule has 0 bridgehead atoms. The summed E-state index contributed by atoms with van der Waals surface area (Å²) in [6, 6.07) is 24.4. The Morgan fingerprint density at radius 3 is 2.24 bits per heavy atom. The van der Waals surface area contributed by atoms with Gasteiger partial charge in [0.15, 0.2) is 0 Å². The number of nitrogens with zero attached hydrogens (tertiary/aromatic N) is 3. The van der Waals surface area contributed by atoms with Crippen LogP contribution >= 0.6 is 0 Å². The number of fused-ring (bicyclic) bond motifs is 4. The Labute approximate surface area is 251 Å². The van der Waals surface area contributed by atoms with Crippen LogP contribution in [0.5, 0.6) is 0 Å². The fraction of sp³-hybridized carbons (Fsp3) is 0.316. The summed E-state index contributed by atoms with van der Waals surface area (Å²) in [5.74, 6) is 1.03. The Kier molecular flexibility index (Phi) is 6.14. The van der Waals surface area contributed by atoms with Crippen LogP contribution in [0.4, 0.5) is 0 Å². The van der Waals surface area contributed by atoms with E-state index in [0.29, 0.717) is 16.7 Å². The molecule has 0 saturated heterocycles. The van der Waals surface area contributed by atoms with E-state index >= 15 is 0 Å². The van der Waals surface area contributed by atoms with Crippen molar-refractivity contribution in [1.82, 2.24) is 9.55 Å². The maximum absolute atomic E-state index is 9.52. The minimum absolute atomic E-state index is 0.125. The first-order chi connectivity index (χ1) is 20.7. The predicted molar refractivity (Wildman–Crippen MR) is 175 cm³/mol. The fourth-order valence-electron chi connectivity index (χ4n) is 6.03. The Morgan fingerprint density at radius 2 is 1.60 bits per heavy atom. The molecular formula is C38H39N3O. The van der Waals surface area contributed by atoms with Crippen LogP contribution < -0.4 is 0 Å². The van der Waals surface area contributed by atoms with E-state index in [1.165, 1.54) is 0 Å². The maximum atomic E-state index is 9.52. The molecule has 42 heavy (non-hydrogen) atoms. The Morgan fingerprint density at radius 1 is 0.929 bits per heavy atom. The van der Waals surface area contributed by atoms with E-state index in [-0.39, 0.29) is 11.8 Å². The zero-order valence-electron chi connectivity index (χ0n) is 27.8. The topological polar surface area (TPSA) is 54.8 Å². The number of para-hydroxylation sites is 2. The van der Waals surface area contributed by atoms with Gasteiger partial charge in [-0.25, -0.2) is 4.98 Å². The van der Waals surface area contributed by atoms with E-state index in [4.69, 9.17) is 12.1 Å². The highest BCUT2D eigenvalue weighted by atomic mass is 16.3. The highest BCUT2D eigenvalue weighted by Crippen LogP contribution is 2.43. The molecule has 0 amide bonds. The largest absolute Gasteiger partial charge is 0.455 e. The van der Waals surface area contributed by atoms with Gasteiger partial charge in [0.25, 0.3) is 0 Å². The summed E-state index contributed by atoms with van der Waals surface area (Å²) in [6.07, 6.45) is -1.53. The molecule has 0 aliphatic carbocycles. The quantitative estimate of drug-likeness (QED) is 0.213. The summed E-state index contributed by atoms with van der Waals surface area (Å²) in [5.41, 5.74) is 9.11. The van der Waals surface area contributed by atoms with Crippen LogP contribution in [0.15, 0.2) is 71.1 Å². The molecule has 2 heterocycles. The van der Waals surface area contributed by atoms with Gasteiger partial charge in [-0.15, -0.1) is 0 Å². The second kappa shape index (κ2) is 10.2. The lowest BCUT2D eigenvalue weighted by atomic mass is 9.83. The normalized spacial score (nSPS) is 13.4. The summed E-state index contributed by atoms with van der Waals surface area (Å²) in [7, 11) is 0. The number of aromatic nitrogens is 2. The third kappa shape index (κ3) is 4.68. The molecule has 6 rings (SSSR count). The average molecular weight is 556 g/mol. The van der Waals surface area contributed by atoms with Gasteiger partial charge in [0.1, 0.15) is 17.0 Å². The molecule has 2 aromatic heterocycles. The van der Waals surface area contributed by atoms with Crippen LogP contribution in [0.1, 0.15) is 90.9 Å². The average Bonchev–Trinajstić information content (AvgIpc) is 3.53. The molecule has 4 nitrogen and oxygen atoms in total. The smallest absolute Gasteiger partial charge is 0.149 e. The Bertz CT molecular complexity index is 2090. The highest BCUT2D eigenvalue weighted by Gasteiger charge is 2.27. The third-order valence-electron chi connectivity index (χ3n) is 7.92. The van der Waals surface area contributed by atoms with E-state index < -0.39 is 11.8 Å². The number of hydrogen-bond acceptors (Lipinski definition) is 3. The van der Waals surface area contributed by atoms with Gasteiger partial charge in [-0.3, -0.25) is 4.57 Å². The Balaban J connectivity index is 1.76. The van der Waals surface area contributed by atoms with Crippen molar-refractivity contribution < 1.29 is 7.16 Å². The standard InChI is InChI=1S/C38H39N3O/c1-22(2)29-17-26(20-38(6,7)8)18-30(23(3)4)35(29)41-32-12-10-9-11-31(32)40-37(41)34-24(5)13-15-28-27-16-14-25(21-39)19-33(27)42-36(28)34/h9-19,22-23H,20H2,1-8H3/i20D2. The number of rotatable bonds is 5. The van der Waals surface area contributed by atoms with Gasteiger partial charge in [-0.05, 0) is 83.1 Å².